The van der Waals surface area contributed by atoms with Crippen LogP contribution in [0.2, 0.25) is 5.02 Å². The molecule has 3 aromatic rings. The molecule has 0 bridgehead atoms. The number of thiophene rings is 1. The molecule has 156 valence electrons. The number of nitrogens with one attached hydrogen (secondary N) is 2. The minimum Gasteiger partial charge on any atom is -0.496 e. The Kier molecular flexibility index (Phi) is 5.98. The number of ether oxygens (including phenoxy) is 1. The number of thioether (sulfide) groups is 1. The number of amides is 2. The number of carbonyl (C=O) groups excluding carboxylic acids is 2. The number of halogens is 1. The highest BCUT2D eigenvalue weighted by molar-refractivity contribution is 7.99. The van der Waals surface area contributed by atoms with Gasteiger partial charge in [0, 0.05) is 9.90 Å². The summed E-state index contributed by atoms with van der Waals surface area (Å²) in [6.45, 7) is 0. The number of primary amides is 1. The number of carbonyl (C=O) groups is 2. The molecule has 0 aliphatic heterocycles. The number of nitrogens with zero attached hydrogens (tertiary/aromatic N) is 2. The molecular weight excluding hydrogens is 446 g/mol. The van der Waals surface area contributed by atoms with Crippen LogP contribution in [-0.4, -0.2) is 39.9 Å². The van der Waals surface area contributed by atoms with Crippen molar-refractivity contribution in [2.75, 3.05) is 18.2 Å². The molecule has 0 fully saturated rings. The van der Waals surface area contributed by atoms with Crippen LogP contribution >= 0.6 is 34.7 Å². The lowest BCUT2D eigenvalue weighted by molar-refractivity contribution is -0.113. The number of hydrogen-bond acceptors (Lipinski definition) is 7. The van der Waals surface area contributed by atoms with Gasteiger partial charge in [-0.1, -0.05) is 23.4 Å². The van der Waals surface area contributed by atoms with Crippen molar-refractivity contribution in [3.05, 3.63) is 39.2 Å². The van der Waals surface area contributed by atoms with Gasteiger partial charge in [-0.3, -0.25) is 14.7 Å². The number of fused-ring (bicyclic) bond motifs is 1. The molecule has 11 heteroatoms. The molecule has 2 amide bonds. The second-order valence-corrected chi connectivity index (χ2v) is 9.06. The highest BCUT2D eigenvalue weighted by Gasteiger charge is 2.26. The number of H-pyrrole nitrogens is 1. The van der Waals surface area contributed by atoms with Gasteiger partial charge in [0.15, 0.2) is 5.82 Å². The number of anilines is 1. The predicted octanol–water partition coefficient (Wildman–Crippen LogP) is 3.51. The number of benzene rings is 1. The summed E-state index contributed by atoms with van der Waals surface area (Å²) >= 11 is 8.67. The summed E-state index contributed by atoms with van der Waals surface area (Å²) in [6.07, 6.45) is 2.75. The van der Waals surface area contributed by atoms with Gasteiger partial charge in [-0.05, 0) is 43.0 Å². The van der Waals surface area contributed by atoms with Crippen molar-refractivity contribution in [1.29, 1.82) is 0 Å². The summed E-state index contributed by atoms with van der Waals surface area (Å²) in [5.74, 6) is 0.420. The van der Waals surface area contributed by atoms with E-state index in [1.165, 1.54) is 23.1 Å². The molecule has 0 saturated heterocycles. The number of nitrogens with two attached hydrogens (primary N) is 1. The lowest BCUT2D eigenvalue weighted by Crippen LogP contribution is -2.18. The van der Waals surface area contributed by atoms with E-state index in [9.17, 15) is 9.59 Å². The van der Waals surface area contributed by atoms with Gasteiger partial charge in [0.1, 0.15) is 10.8 Å². The molecule has 0 unspecified atom stereocenters. The number of rotatable bonds is 7. The Labute approximate surface area is 185 Å². The first-order valence-electron chi connectivity index (χ1n) is 9.09. The standard InChI is InChI=1S/C19H18ClN5O3S2/c1-28-12-6-5-9(20)7-11(12)17-23-19(25-24-17)29-8-14(26)22-18-15(16(21)27)10-3-2-4-13(10)30-18/h5-7H,2-4,8H2,1H3,(H2,21,27)(H,22,26)(H,23,24,25). The van der Waals surface area contributed by atoms with Crippen LogP contribution in [0.1, 0.15) is 27.2 Å². The molecule has 0 radical (unpaired) electrons. The van der Waals surface area contributed by atoms with E-state index in [4.69, 9.17) is 22.1 Å². The molecule has 30 heavy (non-hydrogen) atoms. The van der Waals surface area contributed by atoms with Crippen LogP contribution < -0.4 is 15.8 Å². The van der Waals surface area contributed by atoms with E-state index >= 15 is 0 Å². The summed E-state index contributed by atoms with van der Waals surface area (Å²) in [4.78, 5) is 29.8. The van der Waals surface area contributed by atoms with Crippen molar-refractivity contribution in [2.45, 2.75) is 24.4 Å². The zero-order valence-corrected chi connectivity index (χ0v) is 18.3. The SMILES string of the molecule is COc1ccc(Cl)cc1-c1nc(SCC(=O)Nc2sc3c(c2C(N)=O)CCC3)n[nH]1. The van der Waals surface area contributed by atoms with Crippen LogP contribution in [0.15, 0.2) is 23.4 Å². The second-order valence-electron chi connectivity index (χ2n) is 6.57. The maximum absolute atomic E-state index is 12.4. The molecule has 1 aliphatic rings. The fourth-order valence-electron chi connectivity index (χ4n) is 3.34. The molecule has 1 aliphatic carbocycles. The molecule has 0 spiro atoms. The van der Waals surface area contributed by atoms with Crippen LogP contribution in [0.3, 0.4) is 0 Å². The maximum atomic E-state index is 12.4. The third-order valence-electron chi connectivity index (χ3n) is 4.63. The summed E-state index contributed by atoms with van der Waals surface area (Å²) < 4.78 is 5.33. The maximum Gasteiger partial charge on any atom is 0.251 e. The van der Waals surface area contributed by atoms with Crippen molar-refractivity contribution in [1.82, 2.24) is 15.2 Å². The van der Waals surface area contributed by atoms with E-state index in [2.05, 4.69) is 20.5 Å². The van der Waals surface area contributed by atoms with Gasteiger partial charge in [-0.15, -0.1) is 16.4 Å². The first-order chi connectivity index (χ1) is 14.5. The van der Waals surface area contributed by atoms with Gasteiger partial charge >= 0.3 is 0 Å². The Morgan fingerprint density at radius 1 is 1.40 bits per heavy atom. The number of aromatic nitrogens is 3. The van der Waals surface area contributed by atoms with Gasteiger partial charge in [-0.25, -0.2) is 4.98 Å². The van der Waals surface area contributed by atoms with Crippen LogP contribution in [0, 0.1) is 0 Å². The molecule has 2 aromatic heterocycles. The molecule has 4 rings (SSSR count). The summed E-state index contributed by atoms with van der Waals surface area (Å²) in [5, 5.41) is 11.3. The normalized spacial score (nSPS) is 12.6. The number of aromatic amines is 1. The zero-order chi connectivity index (χ0) is 21.3. The average molecular weight is 464 g/mol. The molecule has 2 heterocycles. The van der Waals surface area contributed by atoms with E-state index in [1.54, 1.807) is 25.3 Å². The van der Waals surface area contributed by atoms with Crippen molar-refractivity contribution >= 4 is 51.5 Å². The lowest BCUT2D eigenvalue weighted by Gasteiger charge is -2.05. The third kappa shape index (κ3) is 4.16. The summed E-state index contributed by atoms with van der Waals surface area (Å²) in [7, 11) is 1.56. The first-order valence-corrected chi connectivity index (χ1v) is 11.3. The highest BCUT2D eigenvalue weighted by Crippen LogP contribution is 2.39. The lowest BCUT2D eigenvalue weighted by atomic mass is 10.1. The van der Waals surface area contributed by atoms with Gasteiger partial charge in [-0.2, -0.15) is 0 Å². The molecule has 8 nitrogen and oxygen atoms in total. The van der Waals surface area contributed by atoms with Gasteiger partial charge < -0.3 is 15.8 Å². The molecule has 4 N–H and O–H groups in total. The molecular formula is C19H18ClN5O3S2. The smallest absolute Gasteiger partial charge is 0.251 e. The highest BCUT2D eigenvalue weighted by atomic mass is 35.5. The third-order valence-corrected chi connectivity index (χ3v) is 6.92. The topological polar surface area (TPSA) is 123 Å². The van der Waals surface area contributed by atoms with Crippen LogP contribution in [0.4, 0.5) is 5.00 Å². The van der Waals surface area contributed by atoms with Gasteiger partial charge in [0.05, 0.1) is 24.0 Å². The Morgan fingerprint density at radius 2 is 2.23 bits per heavy atom. The van der Waals surface area contributed by atoms with Crippen LogP contribution in [0.25, 0.3) is 11.4 Å². The van der Waals surface area contributed by atoms with E-state index in [1.807, 2.05) is 0 Å². The van der Waals surface area contributed by atoms with E-state index in [0.29, 0.717) is 37.9 Å². The van der Waals surface area contributed by atoms with Gasteiger partial charge in [0.2, 0.25) is 11.1 Å². The number of hydrogen-bond donors (Lipinski definition) is 3. The van der Waals surface area contributed by atoms with E-state index < -0.39 is 5.91 Å². The largest absolute Gasteiger partial charge is 0.496 e. The van der Waals surface area contributed by atoms with E-state index in [-0.39, 0.29) is 11.7 Å². The molecule has 0 saturated carbocycles. The van der Waals surface area contributed by atoms with E-state index in [0.717, 1.165) is 29.7 Å². The van der Waals surface area contributed by atoms with Crippen LogP contribution in [0.5, 0.6) is 5.75 Å². The minimum absolute atomic E-state index is 0.0880. The quantitative estimate of drug-likeness (QED) is 0.461. The number of methoxy groups -OCH3 is 1. The molecule has 0 atom stereocenters. The second kappa shape index (κ2) is 8.66. The van der Waals surface area contributed by atoms with Crippen molar-refractivity contribution in [3.63, 3.8) is 0 Å². The fourth-order valence-corrected chi connectivity index (χ4v) is 5.42. The summed E-state index contributed by atoms with van der Waals surface area (Å²) in [5.41, 5.74) is 7.63. The Morgan fingerprint density at radius 3 is 3.00 bits per heavy atom. The Bertz CT molecular complexity index is 1130. The summed E-state index contributed by atoms with van der Waals surface area (Å²) in [6, 6.07) is 5.19. The minimum atomic E-state index is -0.508. The van der Waals surface area contributed by atoms with Crippen LogP contribution in [-0.2, 0) is 17.6 Å². The zero-order valence-electron chi connectivity index (χ0n) is 16.0. The van der Waals surface area contributed by atoms with Gasteiger partial charge in [0.25, 0.3) is 5.91 Å². The average Bonchev–Trinajstić information content (AvgIpc) is 3.42. The monoisotopic (exact) mass is 463 g/mol. The Balaban J connectivity index is 1.43. The first kappa shape index (κ1) is 20.7. The van der Waals surface area contributed by atoms with Crippen molar-refractivity contribution in [2.24, 2.45) is 5.73 Å². The van der Waals surface area contributed by atoms with Crippen molar-refractivity contribution < 1.29 is 14.3 Å². The van der Waals surface area contributed by atoms with Crippen molar-refractivity contribution in [3.8, 4) is 17.1 Å². The molecule has 1 aromatic carbocycles. The number of aryl methyl sites for hydroxylation is 1. The fraction of sp³-hybridized carbons (Fsp3) is 0.263. The predicted molar refractivity (Wildman–Crippen MR) is 118 cm³/mol. The Hall–Kier alpha value is -2.56.